The van der Waals surface area contributed by atoms with E-state index >= 15 is 0 Å². The van der Waals surface area contributed by atoms with Crippen molar-refractivity contribution in [3.63, 3.8) is 0 Å². The largest absolute Gasteiger partial charge is 0.467 e. The summed E-state index contributed by atoms with van der Waals surface area (Å²) in [6.07, 6.45) is 4.92. The van der Waals surface area contributed by atoms with Crippen LogP contribution in [-0.2, 0) is 11.3 Å². The molecule has 2 heterocycles. The first-order chi connectivity index (χ1) is 11.2. The predicted molar refractivity (Wildman–Crippen MR) is 82.6 cm³/mol. The second-order valence-corrected chi connectivity index (χ2v) is 4.82. The smallest absolute Gasteiger partial charge is 0.239 e. The molecular weight excluding hydrogens is 299 g/mol. The summed E-state index contributed by atoms with van der Waals surface area (Å²) in [6.45, 7) is 0.321. The monoisotopic (exact) mass is 314 g/mol. The van der Waals surface area contributed by atoms with E-state index in [2.05, 4.69) is 15.7 Å². The Balaban J connectivity index is 1.63. The molecule has 23 heavy (non-hydrogen) atoms. The average molecular weight is 314 g/mol. The van der Waals surface area contributed by atoms with E-state index < -0.39 is 0 Å². The van der Waals surface area contributed by atoms with E-state index in [4.69, 9.17) is 4.42 Å². The van der Waals surface area contributed by atoms with E-state index in [0.717, 1.165) is 0 Å². The Bertz CT molecular complexity index is 769. The van der Waals surface area contributed by atoms with Gasteiger partial charge in [-0.15, -0.1) is 0 Å². The summed E-state index contributed by atoms with van der Waals surface area (Å²) in [7, 11) is 0. The lowest BCUT2D eigenvalue weighted by Gasteiger charge is -2.12. The molecule has 0 aliphatic heterocycles. The lowest BCUT2D eigenvalue weighted by atomic mass is 10.2. The van der Waals surface area contributed by atoms with Gasteiger partial charge in [-0.2, -0.15) is 5.10 Å². The summed E-state index contributed by atoms with van der Waals surface area (Å²) in [4.78, 5) is 11.9. The molecule has 0 aliphatic rings. The van der Waals surface area contributed by atoms with E-state index in [0.29, 0.717) is 23.7 Å². The van der Waals surface area contributed by atoms with E-state index in [1.165, 1.54) is 12.1 Å². The van der Waals surface area contributed by atoms with E-state index in [1.54, 1.807) is 47.6 Å². The molecule has 118 valence electrons. The molecular formula is C16H15FN4O2. The zero-order valence-electron chi connectivity index (χ0n) is 12.2. The maximum absolute atomic E-state index is 13.5. The number of hydrogen-bond acceptors (Lipinski definition) is 4. The standard InChI is InChI=1S/C16H15FN4O2/c17-12-4-5-15(21-7-2-6-20-21)14(9-12)18-11-16(22)19-10-13-3-1-8-23-13/h1-9,18H,10-11H2,(H,19,22). The van der Waals surface area contributed by atoms with Crippen molar-refractivity contribution in [2.24, 2.45) is 0 Å². The van der Waals surface area contributed by atoms with Gasteiger partial charge in [-0.3, -0.25) is 4.79 Å². The molecule has 1 aromatic carbocycles. The van der Waals surface area contributed by atoms with Crippen molar-refractivity contribution >= 4 is 11.6 Å². The van der Waals surface area contributed by atoms with Crippen molar-refractivity contribution in [3.05, 3.63) is 66.6 Å². The number of nitrogens with one attached hydrogen (secondary N) is 2. The third kappa shape index (κ3) is 3.76. The Morgan fingerprint density at radius 3 is 2.96 bits per heavy atom. The minimum Gasteiger partial charge on any atom is -0.467 e. The highest BCUT2D eigenvalue weighted by Crippen LogP contribution is 2.20. The molecule has 0 radical (unpaired) electrons. The zero-order chi connectivity index (χ0) is 16.1. The van der Waals surface area contributed by atoms with Crippen molar-refractivity contribution in [1.82, 2.24) is 15.1 Å². The number of nitrogens with zero attached hydrogens (tertiary/aromatic N) is 2. The number of rotatable bonds is 6. The van der Waals surface area contributed by atoms with Crippen LogP contribution in [0.25, 0.3) is 5.69 Å². The van der Waals surface area contributed by atoms with E-state index in [1.807, 2.05) is 0 Å². The molecule has 0 unspecified atom stereocenters. The van der Waals surface area contributed by atoms with Gasteiger partial charge < -0.3 is 15.1 Å². The molecule has 0 spiro atoms. The molecule has 1 amide bonds. The number of amides is 1. The highest BCUT2D eigenvalue weighted by atomic mass is 19.1. The van der Waals surface area contributed by atoms with Gasteiger partial charge in [0.1, 0.15) is 11.6 Å². The Kier molecular flexibility index (Phi) is 4.37. The summed E-state index contributed by atoms with van der Waals surface area (Å²) in [5.41, 5.74) is 1.15. The maximum atomic E-state index is 13.5. The lowest BCUT2D eigenvalue weighted by molar-refractivity contribution is -0.119. The number of anilines is 1. The molecule has 3 aromatic rings. The third-order valence-electron chi connectivity index (χ3n) is 3.19. The van der Waals surface area contributed by atoms with Crippen LogP contribution in [0.15, 0.2) is 59.5 Å². The van der Waals surface area contributed by atoms with Gasteiger partial charge in [-0.25, -0.2) is 9.07 Å². The van der Waals surface area contributed by atoms with Crippen LogP contribution in [0, 0.1) is 5.82 Å². The zero-order valence-corrected chi connectivity index (χ0v) is 12.2. The Morgan fingerprint density at radius 1 is 1.30 bits per heavy atom. The molecule has 7 heteroatoms. The second-order valence-electron chi connectivity index (χ2n) is 4.82. The van der Waals surface area contributed by atoms with Gasteiger partial charge in [0.05, 0.1) is 30.7 Å². The minimum absolute atomic E-state index is 0.0123. The fraction of sp³-hybridized carbons (Fsp3) is 0.125. The molecule has 0 saturated carbocycles. The van der Waals surface area contributed by atoms with Gasteiger partial charge in [0.2, 0.25) is 5.91 Å². The minimum atomic E-state index is -0.389. The predicted octanol–water partition coefficient (Wildman–Crippen LogP) is 2.33. The van der Waals surface area contributed by atoms with E-state index in [-0.39, 0.29) is 18.3 Å². The topological polar surface area (TPSA) is 72.1 Å². The van der Waals surface area contributed by atoms with Crippen LogP contribution in [0.1, 0.15) is 5.76 Å². The summed E-state index contributed by atoms with van der Waals surface area (Å²) in [6, 6.07) is 9.57. The number of carbonyl (C=O) groups excluding carboxylic acids is 1. The van der Waals surface area contributed by atoms with Crippen LogP contribution >= 0.6 is 0 Å². The number of hydrogen-bond donors (Lipinski definition) is 2. The second kappa shape index (κ2) is 6.78. The summed E-state index contributed by atoms with van der Waals surface area (Å²) >= 11 is 0. The van der Waals surface area contributed by atoms with Crippen LogP contribution in [0.5, 0.6) is 0 Å². The van der Waals surface area contributed by atoms with Crippen LogP contribution in [-0.4, -0.2) is 22.2 Å². The molecule has 3 rings (SSSR count). The molecule has 0 fully saturated rings. The van der Waals surface area contributed by atoms with E-state index in [9.17, 15) is 9.18 Å². The Morgan fingerprint density at radius 2 is 2.22 bits per heavy atom. The third-order valence-corrected chi connectivity index (χ3v) is 3.19. The van der Waals surface area contributed by atoms with Crippen LogP contribution in [0.2, 0.25) is 0 Å². The van der Waals surface area contributed by atoms with Crippen molar-refractivity contribution in [3.8, 4) is 5.69 Å². The van der Waals surface area contributed by atoms with Crippen LogP contribution in [0.4, 0.5) is 10.1 Å². The number of carbonyl (C=O) groups is 1. The summed E-state index contributed by atoms with van der Waals surface area (Å²) in [5.74, 6) is 0.0535. The van der Waals surface area contributed by atoms with Crippen LogP contribution in [0.3, 0.4) is 0 Å². The average Bonchev–Trinajstić information content (AvgIpc) is 3.24. The SMILES string of the molecule is O=C(CNc1cc(F)ccc1-n1cccn1)NCc1ccco1. The quantitative estimate of drug-likeness (QED) is 0.732. The molecule has 6 nitrogen and oxygen atoms in total. The fourth-order valence-corrected chi connectivity index (χ4v) is 2.10. The first kappa shape index (κ1) is 14.8. The number of halogens is 1. The normalized spacial score (nSPS) is 10.5. The molecule has 2 N–H and O–H groups in total. The first-order valence-electron chi connectivity index (χ1n) is 7.05. The van der Waals surface area contributed by atoms with Gasteiger partial charge in [0.25, 0.3) is 0 Å². The highest BCUT2D eigenvalue weighted by Gasteiger charge is 2.09. The maximum Gasteiger partial charge on any atom is 0.239 e. The molecule has 0 aliphatic carbocycles. The Labute approximate surface area is 131 Å². The number of benzene rings is 1. The van der Waals surface area contributed by atoms with Gasteiger partial charge in [0.15, 0.2) is 0 Å². The Hall–Kier alpha value is -3.09. The molecule has 2 aromatic heterocycles. The highest BCUT2D eigenvalue weighted by molar-refractivity contribution is 5.81. The molecule has 0 saturated heterocycles. The summed E-state index contributed by atoms with van der Waals surface area (Å²) in [5, 5.41) is 9.76. The van der Waals surface area contributed by atoms with Gasteiger partial charge >= 0.3 is 0 Å². The van der Waals surface area contributed by atoms with Crippen LogP contribution < -0.4 is 10.6 Å². The number of furan rings is 1. The summed E-state index contributed by atoms with van der Waals surface area (Å²) < 4.78 is 20.2. The number of aromatic nitrogens is 2. The van der Waals surface area contributed by atoms with Gasteiger partial charge in [0, 0.05) is 12.4 Å². The van der Waals surface area contributed by atoms with Crippen molar-refractivity contribution < 1.29 is 13.6 Å². The molecule has 0 atom stereocenters. The lowest BCUT2D eigenvalue weighted by Crippen LogP contribution is -2.29. The molecule has 0 bridgehead atoms. The van der Waals surface area contributed by atoms with Gasteiger partial charge in [-0.05, 0) is 36.4 Å². The first-order valence-corrected chi connectivity index (χ1v) is 7.05. The van der Waals surface area contributed by atoms with Crippen molar-refractivity contribution in [2.45, 2.75) is 6.54 Å². The fourth-order valence-electron chi connectivity index (χ4n) is 2.10. The van der Waals surface area contributed by atoms with Crippen molar-refractivity contribution in [1.29, 1.82) is 0 Å². The van der Waals surface area contributed by atoms with Crippen molar-refractivity contribution in [2.75, 3.05) is 11.9 Å². The van der Waals surface area contributed by atoms with Gasteiger partial charge in [-0.1, -0.05) is 0 Å².